The second-order valence-electron chi connectivity index (χ2n) is 4.60. The van der Waals surface area contributed by atoms with E-state index in [0.29, 0.717) is 0 Å². The first kappa shape index (κ1) is 15.8. The molecule has 0 atom stereocenters. The molecule has 9 heteroatoms. The minimum absolute atomic E-state index is 0.156. The van der Waals surface area contributed by atoms with Crippen LogP contribution in [0.25, 0.3) is 11.0 Å². The molecule has 1 aliphatic rings. The highest BCUT2D eigenvalue weighted by Gasteiger charge is 2.65. The lowest BCUT2D eigenvalue weighted by molar-refractivity contribution is -0.349. The first-order valence-corrected chi connectivity index (χ1v) is 6.92. The van der Waals surface area contributed by atoms with E-state index in [4.69, 9.17) is 39.1 Å². The maximum Gasteiger partial charge on any atom is 0.476 e. The lowest BCUT2D eigenvalue weighted by atomic mass is 10.2. The quantitative estimate of drug-likeness (QED) is 0.750. The standard InChI is InChI=1S/C14H7Cl2F3N2O2/c1-2-3-21-11-7-9(16)8(15)6-10(11)20-12(21)13(14(17,18)19)22-4-5-23-13/h1,4-7H,3H2. The molecule has 3 rings (SSSR count). The van der Waals surface area contributed by atoms with Gasteiger partial charge in [-0.3, -0.25) is 0 Å². The van der Waals surface area contributed by atoms with Crippen molar-refractivity contribution in [3.05, 3.63) is 40.5 Å². The Morgan fingerprint density at radius 3 is 2.39 bits per heavy atom. The van der Waals surface area contributed by atoms with Gasteiger partial charge in [0.1, 0.15) is 12.5 Å². The molecule has 0 unspecified atom stereocenters. The first-order chi connectivity index (χ1) is 10.8. The number of ether oxygens (including phenoxy) is 2. The van der Waals surface area contributed by atoms with E-state index in [1.807, 2.05) is 0 Å². The summed E-state index contributed by atoms with van der Waals surface area (Å²) in [7, 11) is 0. The molecular formula is C14H7Cl2F3N2O2. The van der Waals surface area contributed by atoms with Gasteiger partial charge < -0.3 is 14.0 Å². The van der Waals surface area contributed by atoms with Crippen molar-refractivity contribution in [2.45, 2.75) is 18.5 Å². The van der Waals surface area contributed by atoms with Crippen molar-refractivity contribution in [2.75, 3.05) is 0 Å². The molecule has 2 heterocycles. The van der Waals surface area contributed by atoms with Crippen LogP contribution in [0.4, 0.5) is 13.2 Å². The van der Waals surface area contributed by atoms with Gasteiger partial charge in [0, 0.05) is 0 Å². The van der Waals surface area contributed by atoms with Crippen molar-refractivity contribution in [3.8, 4) is 12.3 Å². The number of halogens is 5. The number of nitrogens with zero attached hydrogens (tertiary/aromatic N) is 2. The van der Waals surface area contributed by atoms with Crippen molar-refractivity contribution in [1.82, 2.24) is 9.55 Å². The summed E-state index contributed by atoms with van der Waals surface area (Å²) in [5.74, 6) is -1.33. The third-order valence-electron chi connectivity index (χ3n) is 3.23. The molecule has 0 saturated heterocycles. The normalized spacial score (nSPS) is 16.2. The molecule has 2 aromatic rings. The van der Waals surface area contributed by atoms with Gasteiger partial charge in [-0.1, -0.05) is 29.1 Å². The molecule has 1 aliphatic heterocycles. The Bertz CT molecular complexity index is 844. The number of rotatable bonds is 2. The number of benzene rings is 1. The highest BCUT2D eigenvalue weighted by atomic mass is 35.5. The summed E-state index contributed by atoms with van der Waals surface area (Å²) in [4.78, 5) is 3.97. The van der Waals surface area contributed by atoms with Crippen LogP contribution < -0.4 is 0 Å². The number of terminal acetylenes is 1. The van der Waals surface area contributed by atoms with E-state index in [1.54, 1.807) is 0 Å². The molecule has 0 N–H and O–H groups in total. The molecule has 1 aromatic heterocycles. The fourth-order valence-electron chi connectivity index (χ4n) is 2.26. The summed E-state index contributed by atoms with van der Waals surface area (Å²) < 4.78 is 51.3. The van der Waals surface area contributed by atoms with Crippen LogP contribution in [-0.2, 0) is 21.8 Å². The number of hydrogen-bond acceptors (Lipinski definition) is 3. The number of fused-ring (bicyclic) bond motifs is 1. The Morgan fingerprint density at radius 1 is 1.22 bits per heavy atom. The van der Waals surface area contributed by atoms with E-state index in [0.717, 1.165) is 17.1 Å². The zero-order valence-corrected chi connectivity index (χ0v) is 12.7. The minimum Gasteiger partial charge on any atom is -0.444 e. The largest absolute Gasteiger partial charge is 0.476 e. The van der Waals surface area contributed by atoms with Crippen LogP contribution in [0.3, 0.4) is 0 Å². The third-order valence-corrected chi connectivity index (χ3v) is 3.95. The van der Waals surface area contributed by atoms with Gasteiger partial charge >= 0.3 is 12.0 Å². The number of aromatic nitrogens is 2. The molecule has 0 bridgehead atoms. The van der Waals surface area contributed by atoms with E-state index >= 15 is 0 Å². The van der Waals surface area contributed by atoms with E-state index in [-0.39, 0.29) is 27.6 Å². The van der Waals surface area contributed by atoms with Crippen molar-refractivity contribution in [1.29, 1.82) is 0 Å². The molecule has 1 aromatic carbocycles. The predicted octanol–water partition coefficient (Wildman–Crippen LogP) is 4.21. The van der Waals surface area contributed by atoms with Gasteiger partial charge in [0.15, 0.2) is 0 Å². The van der Waals surface area contributed by atoms with E-state index in [2.05, 4.69) is 10.9 Å². The first-order valence-electron chi connectivity index (χ1n) is 6.17. The van der Waals surface area contributed by atoms with Crippen LogP contribution in [0, 0.1) is 12.3 Å². The summed E-state index contributed by atoms with van der Waals surface area (Å²) in [6.45, 7) is -0.186. The van der Waals surface area contributed by atoms with Gasteiger partial charge in [0.05, 0.1) is 27.6 Å². The highest BCUT2D eigenvalue weighted by Crippen LogP contribution is 2.46. The van der Waals surface area contributed by atoms with Crippen molar-refractivity contribution in [3.63, 3.8) is 0 Å². The zero-order valence-electron chi connectivity index (χ0n) is 11.2. The molecule has 0 fully saturated rings. The van der Waals surface area contributed by atoms with Crippen LogP contribution in [0.1, 0.15) is 5.82 Å². The Balaban J connectivity index is 2.32. The molecule has 0 saturated carbocycles. The smallest absolute Gasteiger partial charge is 0.444 e. The lowest BCUT2D eigenvalue weighted by Crippen LogP contribution is -2.45. The van der Waals surface area contributed by atoms with E-state index < -0.39 is 17.8 Å². The number of alkyl halides is 3. The molecule has 4 nitrogen and oxygen atoms in total. The topological polar surface area (TPSA) is 36.3 Å². The van der Waals surface area contributed by atoms with Crippen LogP contribution >= 0.6 is 23.2 Å². The van der Waals surface area contributed by atoms with Crippen LogP contribution in [0.5, 0.6) is 0 Å². The van der Waals surface area contributed by atoms with Gasteiger partial charge in [-0.15, -0.1) is 6.42 Å². The van der Waals surface area contributed by atoms with Crippen molar-refractivity contribution in [2.24, 2.45) is 0 Å². The minimum atomic E-state index is -4.89. The fraction of sp³-hybridized carbons (Fsp3) is 0.214. The van der Waals surface area contributed by atoms with Gasteiger partial charge in [0.25, 0.3) is 0 Å². The van der Waals surface area contributed by atoms with Crippen LogP contribution in [-0.4, -0.2) is 15.7 Å². The van der Waals surface area contributed by atoms with Gasteiger partial charge in [0.2, 0.25) is 5.82 Å². The SMILES string of the molecule is C#CCn1c(C2(C(F)(F)F)OC=CO2)nc2cc(Cl)c(Cl)cc21. The van der Waals surface area contributed by atoms with E-state index in [9.17, 15) is 13.2 Å². The van der Waals surface area contributed by atoms with Crippen LogP contribution in [0.15, 0.2) is 24.7 Å². The van der Waals surface area contributed by atoms with Gasteiger partial charge in [-0.05, 0) is 12.1 Å². The third kappa shape index (κ3) is 2.30. The molecular weight excluding hydrogens is 356 g/mol. The summed E-state index contributed by atoms with van der Waals surface area (Å²) in [6.07, 6.45) is 1.97. The van der Waals surface area contributed by atoms with Crippen molar-refractivity contribution < 1.29 is 22.6 Å². The summed E-state index contributed by atoms with van der Waals surface area (Å²) in [5, 5.41) is 0.319. The Kier molecular flexibility index (Phi) is 3.62. The molecule has 0 aliphatic carbocycles. The summed E-state index contributed by atoms with van der Waals surface area (Å²) in [6, 6.07) is 2.74. The maximum absolute atomic E-state index is 13.6. The fourth-order valence-corrected chi connectivity index (χ4v) is 2.58. The molecule has 0 spiro atoms. The average molecular weight is 363 g/mol. The van der Waals surface area contributed by atoms with Crippen molar-refractivity contribution >= 4 is 34.2 Å². The summed E-state index contributed by atoms with van der Waals surface area (Å²) >= 11 is 11.8. The molecule has 23 heavy (non-hydrogen) atoms. The summed E-state index contributed by atoms with van der Waals surface area (Å²) in [5.41, 5.74) is 0.474. The molecule has 0 radical (unpaired) electrons. The Morgan fingerprint density at radius 2 is 1.83 bits per heavy atom. The Hall–Kier alpha value is -2.04. The Labute approximate surface area is 138 Å². The molecule has 0 amide bonds. The van der Waals surface area contributed by atoms with E-state index in [1.165, 1.54) is 12.1 Å². The predicted molar refractivity (Wildman–Crippen MR) is 77.6 cm³/mol. The maximum atomic E-state index is 13.6. The highest BCUT2D eigenvalue weighted by molar-refractivity contribution is 6.42. The second kappa shape index (κ2) is 5.25. The number of hydrogen-bond donors (Lipinski definition) is 0. The zero-order chi connectivity index (χ0) is 16.8. The monoisotopic (exact) mass is 362 g/mol. The average Bonchev–Trinajstić information content (AvgIpc) is 3.06. The second-order valence-corrected chi connectivity index (χ2v) is 5.42. The van der Waals surface area contributed by atoms with Crippen LogP contribution in [0.2, 0.25) is 10.0 Å². The molecule has 120 valence electrons. The van der Waals surface area contributed by atoms with Gasteiger partial charge in [-0.25, -0.2) is 4.98 Å². The van der Waals surface area contributed by atoms with Gasteiger partial charge in [-0.2, -0.15) is 13.2 Å². The lowest BCUT2D eigenvalue weighted by Gasteiger charge is -2.28. The number of imidazole rings is 1.